The largest absolute Gasteiger partial charge is 0.441 e. The topological polar surface area (TPSA) is 102 Å². The van der Waals surface area contributed by atoms with Crippen LogP contribution < -0.4 is 5.32 Å². The number of nitrogens with one attached hydrogen (secondary N) is 1. The quantitative estimate of drug-likeness (QED) is 0.664. The fourth-order valence-corrected chi connectivity index (χ4v) is 5.06. The van der Waals surface area contributed by atoms with Crippen LogP contribution in [0.25, 0.3) is 11.3 Å². The van der Waals surface area contributed by atoms with Gasteiger partial charge >= 0.3 is 0 Å². The van der Waals surface area contributed by atoms with Crippen LogP contribution in [0.3, 0.4) is 0 Å². The molecule has 2 atom stereocenters. The summed E-state index contributed by atoms with van der Waals surface area (Å²) in [5, 5.41) is 2.68. The zero-order valence-electron chi connectivity index (χ0n) is 18.6. The van der Waals surface area contributed by atoms with Gasteiger partial charge in [-0.1, -0.05) is 12.1 Å². The second-order valence-corrected chi connectivity index (χ2v) is 10.2. The molecule has 9 heteroatoms. The molecule has 1 aliphatic rings. The fraction of sp³-hybridized carbons (Fsp3) is 0.545. The molecule has 31 heavy (non-hydrogen) atoms. The van der Waals surface area contributed by atoms with Crippen LogP contribution in [-0.4, -0.2) is 61.2 Å². The molecular weight excluding hydrogens is 418 g/mol. The van der Waals surface area contributed by atoms with Crippen molar-refractivity contribution >= 4 is 15.9 Å². The highest BCUT2D eigenvalue weighted by Gasteiger charge is 2.30. The smallest absolute Gasteiger partial charge is 0.220 e. The Kier molecular flexibility index (Phi) is 7.51. The standard InChI is InChI=1S/C22H31N3O5S/c1-15-5-6-19(11-16(15)2)20-12-24-22(30-20)8-7-21(26)23-9-10-31(27,28)25-13-17(3)29-18(4)14-25/h5-6,11-12,17-18H,7-10,13-14H2,1-4H3,(H,23,26). The SMILES string of the molecule is Cc1ccc(-c2cnc(CCC(=O)NCCS(=O)(=O)N3CC(C)OC(C)C3)o2)cc1C. The summed E-state index contributed by atoms with van der Waals surface area (Å²) in [7, 11) is -3.44. The van der Waals surface area contributed by atoms with Gasteiger partial charge in [0.15, 0.2) is 11.7 Å². The molecular formula is C22H31N3O5S. The number of sulfonamides is 1. The summed E-state index contributed by atoms with van der Waals surface area (Å²) in [5.74, 6) is 0.782. The first-order valence-corrected chi connectivity index (χ1v) is 12.2. The number of oxazole rings is 1. The average Bonchev–Trinajstić information content (AvgIpc) is 3.17. The zero-order chi connectivity index (χ0) is 22.6. The predicted molar refractivity (Wildman–Crippen MR) is 118 cm³/mol. The van der Waals surface area contributed by atoms with Gasteiger partial charge in [-0.2, -0.15) is 4.31 Å². The molecule has 1 amide bonds. The molecule has 1 saturated heterocycles. The highest BCUT2D eigenvalue weighted by Crippen LogP contribution is 2.23. The number of hydrogen-bond donors (Lipinski definition) is 1. The van der Waals surface area contributed by atoms with E-state index in [1.54, 1.807) is 6.20 Å². The number of benzene rings is 1. The Morgan fingerprint density at radius 1 is 1.19 bits per heavy atom. The van der Waals surface area contributed by atoms with Gasteiger partial charge < -0.3 is 14.5 Å². The van der Waals surface area contributed by atoms with Crippen LogP contribution in [0.4, 0.5) is 0 Å². The van der Waals surface area contributed by atoms with E-state index in [9.17, 15) is 13.2 Å². The first-order chi connectivity index (χ1) is 14.6. The van der Waals surface area contributed by atoms with E-state index in [0.717, 1.165) is 5.56 Å². The van der Waals surface area contributed by atoms with Gasteiger partial charge in [0.05, 0.1) is 24.2 Å². The molecule has 170 valence electrons. The Balaban J connectivity index is 1.44. The van der Waals surface area contributed by atoms with Crippen molar-refractivity contribution in [3.05, 3.63) is 41.4 Å². The Bertz CT molecular complexity index is 1010. The zero-order valence-corrected chi connectivity index (χ0v) is 19.4. The number of ether oxygens (including phenoxy) is 1. The molecule has 1 fully saturated rings. The molecule has 1 aromatic carbocycles. The molecule has 0 spiro atoms. The first kappa shape index (κ1) is 23.4. The molecule has 1 aromatic heterocycles. The number of rotatable bonds is 8. The van der Waals surface area contributed by atoms with Crippen LogP contribution in [0.5, 0.6) is 0 Å². The lowest BCUT2D eigenvalue weighted by Gasteiger charge is -2.34. The Labute approximate surface area is 184 Å². The van der Waals surface area contributed by atoms with Gasteiger partial charge in [0.1, 0.15) is 0 Å². The summed E-state index contributed by atoms with van der Waals surface area (Å²) in [6.07, 6.45) is 1.92. The van der Waals surface area contributed by atoms with Crippen molar-refractivity contribution in [2.24, 2.45) is 0 Å². The lowest BCUT2D eigenvalue weighted by molar-refractivity contribution is -0.121. The van der Waals surface area contributed by atoms with Crippen LogP contribution in [0.2, 0.25) is 0 Å². The van der Waals surface area contributed by atoms with Crippen LogP contribution in [0.15, 0.2) is 28.8 Å². The highest BCUT2D eigenvalue weighted by atomic mass is 32.2. The third kappa shape index (κ3) is 6.38. The van der Waals surface area contributed by atoms with E-state index in [-0.39, 0.29) is 36.8 Å². The third-order valence-electron chi connectivity index (χ3n) is 5.37. The van der Waals surface area contributed by atoms with E-state index < -0.39 is 10.0 Å². The van der Waals surface area contributed by atoms with Gasteiger partial charge in [-0.15, -0.1) is 0 Å². The molecule has 2 unspecified atom stereocenters. The lowest BCUT2D eigenvalue weighted by Crippen LogP contribution is -2.49. The van der Waals surface area contributed by atoms with Gasteiger partial charge in [0.2, 0.25) is 15.9 Å². The summed E-state index contributed by atoms with van der Waals surface area (Å²) >= 11 is 0. The van der Waals surface area contributed by atoms with Crippen molar-refractivity contribution < 1.29 is 22.4 Å². The van der Waals surface area contributed by atoms with Crippen molar-refractivity contribution in [3.63, 3.8) is 0 Å². The molecule has 1 aliphatic heterocycles. The van der Waals surface area contributed by atoms with E-state index in [0.29, 0.717) is 31.2 Å². The van der Waals surface area contributed by atoms with Crippen LogP contribution in [0.1, 0.15) is 37.3 Å². The van der Waals surface area contributed by atoms with Crippen molar-refractivity contribution in [1.82, 2.24) is 14.6 Å². The molecule has 0 aliphatic carbocycles. The third-order valence-corrected chi connectivity index (χ3v) is 7.18. The van der Waals surface area contributed by atoms with E-state index in [1.165, 1.54) is 15.4 Å². The molecule has 8 nitrogen and oxygen atoms in total. The van der Waals surface area contributed by atoms with Gasteiger partial charge in [-0.05, 0) is 44.9 Å². The van der Waals surface area contributed by atoms with Crippen molar-refractivity contribution in [1.29, 1.82) is 0 Å². The highest BCUT2D eigenvalue weighted by molar-refractivity contribution is 7.89. The van der Waals surface area contributed by atoms with Gasteiger partial charge in [0.25, 0.3) is 0 Å². The maximum atomic E-state index is 12.5. The van der Waals surface area contributed by atoms with Crippen LogP contribution in [0, 0.1) is 13.8 Å². The van der Waals surface area contributed by atoms with E-state index >= 15 is 0 Å². The Hall–Kier alpha value is -2.23. The summed E-state index contributed by atoms with van der Waals surface area (Å²) in [5.41, 5.74) is 3.33. The van der Waals surface area contributed by atoms with Crippen LogP contribution in [-0.2, 0) is 26.0 Å². The number of morpholine rings is 1. The number of nitrogens with zero attached hydrogens (tertiary/aromatic N) is 2. The van der Waals surface area contributed by atoms with Crippen LogP contribution >= 0.6 is 0 Å². The molecule has 0 radical (unpaired) electrons. The molecule has 2 heterocycles. The number of carbonyl (C=O) groups excluding carboxylic acids is 1. The van der Waals surface area contributed by atoms with E-state index in [1.807, 2.05) is 39.0 Å². The number of aromatic nitrogens is 1. The minimum absolute atomic E-state index is 0.0702. The van der Waals surface area contributed by atoms with Crippen molar-refractivity contribution in [3.8, 4) is 11.3 Å². The molecule has 3 rings (SSSR count). The summed E-state index contributed by atoms with van der Waals surface area (Å²) in [4.78, 5) is 16.4. The van der Waals surface area contributed by atoms with Gasteiger partial charge in [0, 0.05) is 38.0 Å². The second kappa shape index (κ2) is 9.93. The van der Waals surface area contributed by atoms with Gasteiger partial charge in [-0.3, -0.25) is 4.79 Å². The molecule has 1 N–H and O–H groups in total. The first-order valence-electron chi connectivity index (χ1n) is 10.6. The monoisotopic (exact) mass is 449 g/mol. The maximum absolute atomic E-state index is 12.5. The molecule has 0 saturated carbocycles. The summed E-state index contributed by atoms with van der Waals surface area (Å²) < 4.78 is 37.8. The molecule has 0 bridgehead atoms. The van der Waals surface area contributed by atoms with E-state index in [2.05, 4.69) is 17.2 Å². The second-order valence-electron chi connectivity index (χ2n) is 8.16. The molecule has 2 aromatic rings. The Morgan fingerprint density at radius 3 is 2.58 bits per heavy atom. The van der Waals surface area contributed by atoms with E-state index in [4.69, 9.17) is 9.15 Å². The number of amides is 1. The number of carbonyl (C=O) groups is 1. The van der Waals surface area contributed by atoms with Crippen molar-refractivity contribution in [2.45, 2.75) is 52.7 Å². The van der Waals surface area contributed by atoms with Gasteiger partial charge in [-0.25, -0.2) is 13.4 Å². The summed E-state index contributed by atoms with van der Waals surface area (Å²) in [6.45, 7) is 8.56. The normalized spacial score (nSPS) is 20.0. The Morgan fingerprint density at radius 2 is 1.90 bits per heavy atom. The maximum Gasteiger partial charge on any atom is 0.220 e. The van der Waals surface area contributed by atoms with Crippen molar-refractivity contribution in [2.75, 3.05) is 25.4 Å². The average molecular weight is 450 g/mol. The lowest BCUT2D eigenvalue weighted by atomic mass is 10.1. The predicted octanol–water partition coefficient (Wildman–Crippen LogP) is 2.45. The number of aryl methyl sites for hydroxylation is 3. The number of hydrogen-bond acceptors (Lipinski definition) is 6. The minimum Gasteiger partial charge on any atom is -0.441 e. The fourth-order valence-electron chi connectivity index (χ4n) is 3.57. The summed E-state index contributed by atoms with van der Waals surface area (Å²) in [6, 6.07) is 6.06. The minimum atomic E-state index is -3.44.